The van der Waals surface area contributed by atoms with Gasteiger partial charge in [0.2, 0.25) is 0 Å². The van der Waals surface area contributed by atoms with Crippen LogP contribution >= 0.6 is 0 Å². The Hall–Kier alpha value is -0.370. The van der Waals surface area contributed by atoms with Crippen LogP contribution in [0.4, 0.5) is 0 Å². The Labute approximate surface area is 63.0 Å². The molecule has 0 saturated carbocycles. The number of rotatable bonds is 4. The maximum Gasteiger partial charge on any atom is 0.132 e. The normalized spacial score (nSPS) is 16.4. The van der Waals surface area contributed by atoms with Gasteiger partial charge in [-0.1, -0.05) is 13.8 Å². The Morgan fingerprint density at radius 1 is 1.50 bits per heavy atom. The van der Waals surface area contributed by atoms with Gasteiger partial charge in [0.1, 0.15) is 5.78 Å². The third kappa shape index (κ3) is 2.97. The van der Waals surface area contributed by atoms with Gasteiger partial charge in [-0.2, -0.15) is 0 Å². The van der Waals surface area contributed by atoms with Crippen molar-refractivity contribution in [3.63, 3.8) is 0 Å². The van der Waals surface area contributed by atoms with Gasteiger partial charge in [-0.05, 0) is 26.4 Å². The minimum atomic E-state index is 0.187. The van der Waals surface area contributed by atoms with Crippen molar-refractivity contribution < 1.29 is 4.79 Å². The molecule has 0 bridgehead atoms. The summed E-state index contributed by atoms with van der Waals surface area (Å²) in [6.45, 7) is 6.63. The molecule has 1 N–H and O–H groups in total. The molecule has 2 atom stereocenters. The van der Waals surface area contributed by atoms with E-state index in [1.54, 1.807) is 6.92 Å². The number of carbonyl (C=O) groups is 1. The lowest BCUT2D eigenvalue weighted by Gasteiger charge is -2.15. The number of Topliss-reactive ketones (excluding diaryl/α,β-unsaturated/α-hetero) is 1. The average Bonchev–Trinajstić information content (AvgIpc) is 1.87. The first-order valence-corrected chi connectivity index (χ1v) is 3.74. The SMILES string of the molecule is CNCC(C)C(C)C(C)=O. The van der Waals surface area contributed by atoms with Crippen LogP contribution in [0.1, 0.15) is 20.8 Å². The second kappa shape index (κ2) is 4.45. The van der Waals surface area contributed by atoms with E-state index in [4.69, 9.17) is 0 Å². The molecule has 0 rings (SSSR count). The number of hydrogen-bond donors (Lipinski definition) is 1. The summed E-state index contributed by atoms with van der Waals surface area (Å²) in [5, 5.41) is 3.05. The highest BCUT2D eigenvalue weighted by Gasteiger charge is 2.14. The van der Waals surface area contributed by atoms with Gasteiger partial charge in [-0.15, -0.1) is 0 Å². The molecule has 0 heterocycles. The van der Waals surface area contributed by atoms with E-state index in [2.05, 4.69) is 12.2 Å². The van der Waals surface area contributed by atoms with Crippen LogP contribution in [0, 0.1) is 11.8 Å². The van der Waals surface area contributed by atoms with E-state index in [0.717, 1.165) is 6.54 Å². The van der Waals surface area contributed by atoms with Crippen LogP contribution in [0.15, 0.2) is 0 Å². The highest BCUT2D eigenvalue weighted by Crippen LogP contribution is 2.09. The quantitative estimate of drug-likeness (QED) is 0.637. The van der Waals surface area contributed by atoms with Crippen LogP contribution in [0.25, 0.3) is 0 Å². The van der Waals surface area contributed by atoms with E-state index >= 15 is 0 Å². The summed E-state index contributed by atoms with van der Waals surface area (Å²) in [4.78, 5) is 10.8. The van der Waals surface area contributed by atoms with Gasteiger partial charge in [0.05, 0.1) is 0 Å². The average molecular weight is 143 g/mol. The Kier molecular flexibility index (Phi) is 4.28. The summed E-state index contributed by atoms with van der Waals surface area (Å²) in [6.07, 6.45) is 0. The molecule has 2 heteroatoms. The van der Waals surface area contributed by atoms with Crippen LogP contribution in [-0.2, 0) is 4.79 Å². The van der Waals surface area contributed by atoms with Crippen LogP contribution < -0.4 is 5.32 Å². The van der Waals surface area contributed by atoms with Gasteiger partial charge >= 0.3 is 0 Å². The van der Waals surface area contributed by atoms with Crippen molar-refractivity contribution in [1.82, 2.24) is 5.32 Å². The van der Waals surface area contributed by atoms with Crippen LogP contribution in [0.5, 0.6) is 0 Å². The summed E-state index contributed by atoms with van der Waals surface area (Å²) >= 11 is 0. The zero-order chi connectivity index (χ0) is 8.15. The topological polar surface area (TPSA) is 29.1 Å². The molecular formula is C8H17NO. The molecule has 0 saturated heterocycles. The van der Waals surface area contributed by atoms with Crippen molar-refractivity contribution in [1.29, 1.82) is 0 Å². The third-order valence-corrected chi connectivity index (χ3v) is 2.02. The molecule has 0 aliphatic carbocycles. The maximum absolute atomic E-state index is 10.8. The van der Waals surface area contributed by atoms with Gasteiger partial charge < -0.3 is 5.32 Å². The number of nitrogens with one attached hydrogen (secondary N) is 1. The van der Waals surface area contributed by atoms with Gasteiger partial charge in [0, 0.05) is 5.92 Å². The molecule has 0 radical (unpaired) electrons. The lowest BCUT2D eigenvalue weighted by atomic mass is 9.93. The highest BCUT2D eigenvalue weighted by molar-refractivity contribution is 5.78. The Balaban J connectivity index is 3.69. The molecular weight excluding hydrogens is 126 g/mol. The second-order valence-electron chi connectivity index (χ2n) is 2.93. The van der Waals surface area contributed by atoms with Gasteiger partial charge in [0.25, 0.3) is 0 Å². The molecule has 0 aromatic heterocycles. The lowest BCUT2D eigenvalue weighted by molar-refractivity contribution is -0.121. The monoisotopic (exact) mass is 143 g/mol. The van der Waals surface area contributed by atoms with Crippen LogP contribution in [0.3, 0.4) is 0 Å². The molecule has 2 unspecified atom stereocenters. The van der Waals surface area contributed by atoms with Crippen molar-refractivity contribution in [3.05, 3.63) is 0 Å². The molecule has 0 spiro atoms. The fourth-order valence-corrected chi connectivity index (χ4v) is 0.899. The summed E-state index contributed by atoms with van der Waals surface area (Å²) in [5.74, 6) is 0.915. The molecule has 0 amide bonds. The summed E-state index contributed by atoms with van der Waals surface area (Å²) in [7, 11) is 1.91. The minimum Gasteiger partial charge on any atom is -0.319 e. The van der Waals surface area contributed by atoms with Crippen molar-refractivity contribution in [3.8, 4) is 0 Å². The Morgan fingerprint density at radius 2 is 2.00 bits per heavy atom. The van der Waals surface area contributed by atoms with E-state index < -0.39 is 0 Å². The highest BCUT2D eigenvalue weighted by atomic mass is 16.1. The molecule has 0 aliphatic heterocycles. The summed E-state index contributed by atoms with van der Waals surface area (Å²) < 4.78 is 0. The predicted molar refractivity (Wildman–Crippen MR) is 42.9 cm³/mol. The molecule has 2 nitrogen and oxygen atoms in total. The fraction of sp³-hybridized carbons (Fsp3) is 0.875. The number of hydrogen-bond acceptors (Lipinski definition) is 2. The standard InChI is InChI=1S/C8H17NO/c1-6(5-9-4)7(2)8(3)10/h6-7,9H,5H2,1-4H3. The minimum absolute atomic E-state index is 0.187. The van der Waals surface area contributed by atoms with Crippen LogP contribution in [-0.4, -0.2) is 19.4 Å². The van der Waals surface area contributed by atoms with Gasteiger partial charge in [0.15, 0.2) is 0 Å². The molecule has 0 aromatic rings. The van der Waals surface area contributed by atoms with E-state index in [9.17, 15) is 4.79 Å². The predicted octanol–water partition coefficient (Wildman–Crippen LogP) is 1.07. The van der Waals surface area contributed by atoms with E-state index in [1.807, 2.05) is 14.0 Å². The van der Waals surface area contributed by atoms with Crippen molar-refractivity contribution in [2.24, 2.45) is 11.8 Å². The first-order valence-electron chi connectivity index (χ1n) is 3.74. The van der Waals surface area contributed by atoms with Crippen LogP contribution in [0.2, 0.25) is 0 Å². The van der Waals surface area contributed by atoms with E-state index in [1.165, 1.54) is 0 Å². The van der Waals surface area contributed by atoms with Gasteiger partial charge in [-0.3, -0.25) is 4.79 Å². The third-order valence-electron chi connectivity index (χ3n) is 2.02. The number of carbonyl (C=O) groups excluding carboxylic acids is 1. The lowest BCUT2D eigenvalue weighted by Crippen LogP contribution is -2.25. The smallest absolute Gasteiger partial charge is 0.132 e. The van der Waals surface area contributed by atoms with Crippen molar-refractivity contribution >= 4 is 5.78 Å². The largest absolute Gasteiger partial charge is 0.319 e. The summed E-state index contributed by atoms with van der Waals surface area (Å²) in [6, 6.07) is 0. The molecule has 60 valence electrons. The first-order chi connectivity index (χ1) is 4.59. The Morgan fingerprint density at radius 3 is 2.30 bits per heavy atom. The molecule has 0 aromatic carbocycles. The molecule has 0 aliphatic rings. The maximum atomic E-state index is 10.8. The van der Waals surface area contributed by atoms with E-state index in [0.29, 0.717) is 5.92 Å². The first kappa shape index (κ1) is 9.63. The van der Waals surface area contributed by atoms with Gasteiger partial charge in [-0.25, -0.2) is 0 Å². The second-order valence-corrected chi connectivity index (χ2v) is 2.93. The number of ketones is 1. The zero-order valence-corrected chi connectivity index (χ0v) is 7.27. The fourth-order valence-electron chi connectivity index (χ4n) is 0.899. The summed E-state index contributed by atoms with van der Waals surface area (Å²) in [5.41, 5.74) is 0. The van der Waals surface area contributed by atoms with E-state index in [-0.39, 0.29) is 11.7 Å². The zero-order valence-electron chi connectivity index (χ0n) is 7.27. The van der Waals surface area contributed by atoms with Crippen molar-refractivity contribution in [2.45, 2.75) is 20.8 Å². The Bertz CT molecular complexity index is 112. The molecule has 0 fully saturated rings. The molecule has 10 heavy (non-hydrogen) atoms. The van der Waals surface area contributed by atoms with Crippen molar-refractivity contribution in [2.75, 3.05) is 13.6 Å².